The van der Waals surface area contributed by atoms with Crippen molar-refractivity contribution in [2.75, 3.05) is 39.0 Å². The zero-order valence-electron chi connectivity index (χ0n) is 18.4. The van der Waals surface area contributed by atoms with E-state index in [1.807, 2.05) is 4.90 Å². The first-order chi connectivity index (χ1) is 15.3. The van der Waals surface area contributed by atoms with Crippen LogP contribution in [0.15, 0.2) is 12.1 Å². The van der Waals surface area contributed by atoms with E-state index in [0.717, 1.165) is 37.8 Å². The molecule has 1 aromatic carbocycles. The highest BCUT2D eigenvalue weighted by Crippen LogP contribution is 2.36. The van der Waals surface area contributed by atoms with Crippen LogP contribution in [0.5, 0.6) is 0 Å². The van der Waals surface area contributed by atoms with Crippen LogP contribution in [0.3, 0.4) is 0 Å². The van der Waals surface area contributed by atoms with E-state index < -0.39 is 17.2 Å². The molecule has 1 spiro atoms. The lowest BCUT2D eigenvalue weighted by Crippen LogP contribution is -2.47. The molecular weight excluding hydrogens is 420 g/mol. The first-order valence-corrected chi connectivity index (χ1v) is 11.3. The number of nitrogens with zero attached hydrogens (tertiary/aromatic N) is 2. The summed E-state index contributed by atoms with van der Waals surface area (Å²) in [4.78, 5) is 28.0. The highest BCUT2D eigenvalue weighted by atomic mass is 19.1. The van der Waals surface area contributed by atoms with Crippen molar-refractivity contribution in [2.24, 2.45) is 11.8 Å². The summed E-state index contributed by atoms with van der Waals surface area (Å²) in [6.45, 7) is 2.53. The summed E-state index contributed by atoms with van der Waals surface area (Å²) in [6.07, 6.45) is 4.33. The van der Waals surface area contributed by atoms with Crippen LogP contribution in [-0.2, 0) is 20.8 Å². The van der Waals surface area contributed by atoms with E-state index in [-0.39, 0.29) is 35.8 Å². The molecule has 3 fully saturated rings. The van der Waals surface area contributed by atoms with Crippen LogP contribution in [0.25, 0.3) is 0 Å². The van der Waals surface area contributed by atoms with E-state index in [1.54, 1.807) is 4.90 Å². The number of benzene rings is 1. The van der Waals surface area contributed by atoms with Gasteiger partial charge in [0.05, 0.1) is 19.6 Å². The fourth-order valence-corrected chi connectivity index (χ4v) is 5.27. The average Bonchev–Trinajstić information content (AvgIpc) is 3.06. The van der Waals surface area contributed by atoms with Crippen molar-refractivity contribution in [1.29, 1.82) is 0 Å². The quantitative estimate of drug-likeness (QED) is 0.546. The maximum Gasteiger partial charge on any atom is 0.410 e. The molecule has 176 valence electrons. The Kier molecular flexibility index (Phi) is 6.55. The Balaban J connectivity index is 1.28. The fourth-order valence-electron chi connectivity index (χ4n) is 5.27. The normalized spacial score (nSPS) is 25.7. The molecule has 1 aromatic rings. The van der Waals surface area contributed by atoms with Crippen LogP contribution in [0.2, 0.25) is 0 Å². The number of ether oxygens (including phenoxy) is 2. The number of nitrogens with two attached hydrogens (primary N) is 1. The van der Waals surface area contributed by atoms with Crippen LogP contribution in [-0.4, -0.2) is 60.8 Å². The molecule has 32 heavy (non-hydrogen) atoms. The van der Waals surface area contributed by atoms with Gasteiger partial charge in [-0.3, -0.25) is 9.69 Å². The Bertz CT molecular complexity index is 842. The lowest BCUT2D eigenvalue weighted by Gasteiger charge is -2.37. The zero-order chi connectivity index (χ0) is 22.9. The number of methoxy groups -OCH3 is 1. The van der Waals surface area contributed by atoms with Crippen LogP contribution in [0, 0.1) is 23.5 Å². The molecule has 2 heterocycles. The van der Waals surface area contributed by atoms with E-state index in [2.05, 4.69) is 0 Å². The molecule has 3 aliphatic rings. The second-order valence-corrected chi connectivity index (χ2v) is 9.41. The summed E-state index contributed by atoms with van der Waals surface area (Å²) < 4.78 is 38.9. The molecule has 0 unspecified atom stereocenters. The summed E-state index contributed by atoms with van der Waals surface area (Å²) in [5, 5.41) is 0. The number of esters is 1. The van der Waals surface area contributed by atoms with Gasteiger partial charge < -0.3 is 20.1 Å². The molecule has 9 heteroatoms. The van der Waals surface area contributed by atoms with Crippen LogP contribution < -0.4 is 5.73 Å². The minimum Gasteiger partial charge on any atom is -0.469 e. The number of carbonyl (C=O) groups excluding carboxylic acids is 2. The lowest BCUT2D eigenvalue weighted by molar-refractivity contribution is -0.146. The molecule has 2 saturated heterocycles. The molecule has 0 radical (unpaired) electrons. The van der Waals surface area contributed by atoms with Gasteiger partial charge in [-0.2, -0.15) is 0 Å². The first kappa shape index (κ1) is 22.8. The van der Waals surface area contributed by atoms with Crippen molar-refractivity contribution in [3.05, 3.63) is 29.3 Å². The standard InChI is InChI=1S/C23H31F2N3O4/c1-31-21(29)16-4-2-15(3-5-16)12-28-14-23(32-22(28)30)6-8-27(9-7-23)13-18-19(24)10-17(26)11-20(18)25/h10-11,15-16H,2-9,12-14,26H2,1H3. The van der Waals surface area contributed by atoms with Gasteiger partial charge >= 0.3 is 12.1 Å². The Hall–Kier alpha value is -2.42. The van der Waals surface area contributed by atoms with Gasteiger partial charge in [0.1, 0.15) is 17.2 Å². The number of hydrogen-bond donors (Lipinski definition) is 1. The van der Waals surface area contributed by atoms with Crippen molar-refractivity contribution in [1.82, 2.24) is 9.80 Å². The average molecular weight is 452 g/mol. The number of hydrogen-bond acceptors (Lipinski definition) is 6. The topological polar surface area (TPSA) is 85.1 Å². The maximum atomic E-state index is 14.1. The van der Waals surface area contributed by atoms with Crippen LogP contribution in [0.4, 0.5) is 19.3 Å². The maximum absolute atomic E-state index is 14.1. The zero-order valence-corrected chi connectivity index (χ0v) is 18.4. The number of anilines is 1. The molecule has 7 nitrogen and oxygen atoms in total. The number of amides is 1. The third-order valence-corrected chi connectivity index (χ3v) is 7.21. The molecule has 1 saturated carbocycles. The van der Waals surface area contributed by atoms with Gasteiger partial charge in [-0.15, -0.1) is 0 Å². The highest BCUT2D eigenvalue weighted by Gasteiger charge is 2.47. The molecule has 2 N–H and O–H groups in total. The number of piperidine rings is 1. The van der Waals surface area contributed by atoms with Gasteiger partial charge in [0, 0.05) is 50.3 Å². The van der Waals surface area contributed by atoms with E-state index in [4.69, 9.17) is 15.2 Å². The molecule has 0 aromatic heterocycles. The minimum absolute atomic E-state index is 0.0164. The number of likely N-dealkylation sites (tertiary alicyclic amines) is 1. The Morgan fingerprint density at radius 1 is 1.19 bits per heavy atom. The largest absolute Gasteiger partial charge is 0.469 e. The SMILES string of the molecule is COC(=O)C1CCC(CN2CC3(CCN(Cc4c(F)cc(N)cc4F)CC3)OC2=O)CC1. The molecule has 2 aliphatic heterocycles. The highest BCUT2D eigenvalue weighted by molar-refractivity contribution is 5.72. The van der Waals surface area contributed by atoms with Crippen molar-refractivity contribution in [3.63, 3.8) is 0 Å². The number of carbonyl (C=O) groups is 2. The third-order valence-electron chi connectivity index (χ3n) is 7.21. The lowest BCUT2D eigenvalue weighted by atomic mass is 9.81. The van der Waals surface area contributed by atoms with Gasteiger partial charge in [-0.05, 0) is 43.7 Å². The van der Waals surface area contributed by atoms with Crippen molar-refractivity contribution >= 4 is 17.7 Å². The predicted octanol–water partition coefficient (Wildman–Crippen LogP) is 3.31. The molecule has 4 rings (SSSR count). The second kappa shape index (κ2) is 9.21. The van der Waals surface area contributed by atoms with Gasteiger partial charge in [0.2, 0.25) is 0 Å². The number of nitrogen functional groups attached to an aromatic ring is 1. The van der Waals surface area contributed by atoms with Crippen LogP contribution in [0.1, 0.15) is 44.1 Å². The molecule has 1 amide bonds. The molecule has 0 bridgehead atoms. The predicted molar refractivity (Wildman–Crippen MR) is 114 cm³/mol. The summed E-state index contributed by atoms with van der Waals surface area (Å²) in [5.74, 6) is -1.09. The van der Waals surface area contributed by atoms with Crippen LogP contribution >= 0.6 is 0 Å². The Morgan fingerprint density at radius 3 is 2.41 bits per heavy atom. The monoisotopic (exact) mass is 451 g/mol. The second-order valence-electron chi connectivity index (χ2n) is 9.41. The third kappa shape index (κ3) is 4.82. The smallest absolute Gasteiger partial charge is 0.410 e. The summed E-state index contributed by atoms with van der Waals surface area (Å²) in [5.41, 5.74) is 5.04. The Labute approximate surface area is 186 Å². The Morgan fingerprint density at radius 2 is 1.81 bits per heavy atom. The van der Waals surface area contributed by atoms with E-state index in [1.165, 1.54) is 7.11 Å². The van der Waals surface area contributed by atoms with Crippen molar-refractivity contribution < 1.29 is 27.8 Å². The van der Waals surface area contributed by atoms with E-state index in [0.29, 0.717) is 44.9 Å². The summed E-state index contributed by atoms with van der Waals surface area (Å²) in [7, 11) is 1.42. The number of rotatable bonds is 5. The van der Waals surface area contributed by atoms with E-state index in [9.17, 15) is 18.4 Å². The van der Waals surface area contributed by atoms with Crippen molar-refractivity contribution in [3.8, 4) is 0 Å². The van der Waals surface area contributed by atoms with Gasteiger partial charge in [0.15, 0.2) is 0 Å². The van der Waals surface area contributed by atoms with Crippen molar-refractivity contribution in [2.45, 2.75) is 50.7 Å². The van der Waals surface area contributed by atoms with Gasteiger partial charge in [-0.25, -0.2) is 13.6 Å². The molecule has 1 aliphatic carbocycles. The summed E-state index contributed by atoms with van der Waals surface area (Å²) in [6, 6.07) is 2.28. The number of halogens is 2. The molecular formula is C23H31F2N3O4. The fraction of sp³-hybridized carbons (Fsp3) is 0.652. The van der Waals surface area contributed by atoms with Gasteiger partial charge in [-0.1, -0.05) is 0 Å². The first-order valence-electron chi connectivity index (χ1n) is 11.3. The van der Waals surface area contributed by atoms with E-state index >= 15 is 0 Å². The summed E-state index contributed by atoms with van der Waals surface area (Å²) >= 11 is 0. The minimum atomic E-state index is -0.636. The molecule has 0 atom stereocenters. The van der Waals surface area contributed by atoms with Gasteiger partial charge in [0.25, 0.3) is 0 Å².